The molecule has 30 heavy (non-hydrogen) atoms. The van der Waals surface area contributed by atoms with Gasteiger partial charge in [0.25, 0.3) is 5.91 Å². The van der Waals surface area contributed by atoms with Crippen LogP contribution in [-0.4, -0.2) is 83.8 Å². The molecule has 0 aromatic carbocycles. The summed E-state index contributed by atoms with van der Waals surface area (Å²) in [5, 5.41) is 6.18. The molecular weight excluding hydrogens is 388 g/mol. The number of aromatic amines is 1. The van der Waals surface area contributed by atoms with Gasteiger partial charge in [-0.15, -0.1) is 0 Å². The number of nitrogens with zero attached hydrogens (tertiary/aromatic N) is 3. The fourth-order valence-electron chi connectivity index (χ4n) is 3.60. The molecule has 1 aliphatic rings. The molecular formula is C20H28N6O4. The van der Waals surface area contributed by atoms with Gasteiger partial charge >= 0.3 is 0 Å². The number of hydrogen-bond donors (Lipinski definition) is 3. The maximum atomic E-state index is 12.6. The SMILES string of the molecule is C=CC(=O)N1CC[C@@H](OC)[C@@H](Nc2cnc3[nH]cc(C(=O)N[C@@H](C)COC)c3n2)C1. The highest BCUT2D eigenvalue weighted by molar-refractivity contribution is 6.04. The van der Waals surface area contributed by atoms with Crippen molar-refractivity contribution < 1.29 is 19.1 Å². The molecule has 0 radical (unpaired) electrons. The Kier molecular flexibility index (Phi) is 7.01. The third-order valence-electron chi connectivity index (χ3n) is 5.09. The van der Waals surface area contributed by atoms with Gasteiger partial charge in [-0.2, -0.15) is 0 Å². The van der Waals surface area contributed by atoms with E-state index in [1.807, 2.05) is 6.92 Å². The number of aromatic nitrogens is 3. The van der Waals surface area contributed by atoms with Gasteiger partial charge in [-0.1, -0.05) is 6.58 Å². The molecule has 10 nitrogen and oxygen atoms in total. The molecule has 2 aromatic heterocycles. The van der Waals surface area contributed by atoms with Crippen molar-refractivity contribution in [2.75, 3.05) is 39.2 Å². The number of rotatable bonds is 8. The Balaban J connectivity index is 1.79. The number of hydrogen-bond acceptors (Lipinski definition) is 7. The number of piperidine rings is 1. The fourth-order valence-corrected chi connectivity index (χ4v) is 3.60. The highest BCUT2D eigenvalue weighted by atomic mass is 16.5. The Morgan fingerprint density at radius 3 is 2.97 bits per heavy atom. The summed E-state index contributed by atoms with van der Waals surface area (Å²) in [7, 11) is 3.23. The number of likely N-dealkylation sites (tertiary alicyclic amines) is 1. The van der Waals surface area contributed by atoms with Gasteiger partial charge in [0.1, 0.15) is 11.3 Å². The lowest BCUT2D eigenvalue weighted by molar-refractivity contribution is -0.128. The predicted octanol–water partition coefficient (Wildman–Crippen LogP) is 0.936. The molecule has 0 aliphatic carbocycles. The highest BCUT2D eigenvalue weighted by Crippen LogP contribution is 2.21. The summed E-state index contributed by atoms with van der Waals surface area (Å²) in [5.41, 5.74) is 1.38. The monoisotopic (exact) mass is 416 g/mol. The molecule has 0 bridgehead atoms. The molecule has 0 saturated carbocycles. The van der Waals surface area contributed by atoms with Gasteiger partial charge in [-0.3, -0.25) is 9.59 Å². The van der Waals surface area contributed by atoms with E-state index in [1.165, 1.54) is 6.08 Å². The van der Waals surface area contributed by atoms with Gasteiger partial charge in [0.2, 0.25) is 5.91 Å². The number of anilines is 1. The second-order valence-electron chi connectivity index (χ2n) is 7.29. The van der Waals surface area contributed by atoms with E-state index in [1.54, 1.807) is 31.5 Å². The average Bonchev–Trinajstić information content (AvgIpc) is 3.16. The number of ether oxygens (including phenoxy) is 2. The van der Waals surface area contributed by atoms with E-state index < -0.39 is 0 Å². The lowest BCUT2D eigenvalue weighted by Gasteiger charge is -2.37. The number of carbonyl (C=O) groups excluding carboxylic acids is 2. The van der Waals surface area contributed by atoms with Crippen molar-refractivity contribution in [1.82, 2.24) is 25.2 Å². The normalized spacial score (nSPS) is 20.0. The Hall–Kier alpha value is -2.98. The zero-order valence-corrected chi connectivity index (χ0v) is 17.5. The summed E-state index contributed by atoms with van der Waals surface area (Å²) in [6.45, 7) is 6.89. The van der Waals surface area contributed by atoms with E-state index in [4.69, 9.17) is 9.47 Å². The predicted molar refractivity (Wildman–Crippen MR) is 112 cm³/mol. The van der Waals surface area contributed by atoms with Crippen LogP contribution in [0.5, 0.6) is 0 Å². The van der Waals surface area contributed by atoms with E-state index in [0.717, 1.165) is 0 Å². The van der Waals surface area contributed by atoms with Gasteiger partial charge in [0, 0.05) is 39.5 Å². The third kappa shape index (κ3) is 4.77. The van der Waals surface area contributed by atoms with E-state index in [2.05, 4.69) is 32.2 Å². The minimum absolute atomic E-state index is 0.0831. The molecule has 0 spiro atoms. The van der Waals surface area contributed by atoms with Gasteiger partial charge < -0.3 is 30.0 Å². The van der Waals surface area contributed by atoms with Crippen LogP contribution in [0.25, 0.3) is 11.2 Å². The number of amides is 2. The number of nitrogens with one attached hydrogen (secondary N) is 3. The summed E-state index contributed by atoms with van der Waals surface area (Å²) in [4.78, 5) is 38.3. The molecule has 3 rings (SSSR count). The van der Waals surface area contributed by atoms with Crippen LogP contribution in [0.3, 0.4) is 0 Å². The van der Waals surface area contributed by atoms with Gasteiger partial charge in [0.05, 0.1) is 30.5 Å². The van der Waals surface area contributed by atoms with Crippen LogP contribution in [0.1, 0.15) is 23.7 Å². The van der Waals surface area contributed by atoms with Crippen LogP contribution in [-0.2, 0) is 14.3 Å². The maximum absolute atomic E-state index is 12.6. The number of carbonyl (C=O) groups is 2. The fraction of sp³-hybridized carbons (Fsp3) is 0.500. The average molecular weight is 416 g/mol. The first kappa shape index (κ1) is 21.7. The first-order valence-corrected chi connectivity index (χ1v) is 9.81. The summed E-state index contributed by atoms with van der Waals surface area (Å²) in [6.07, 6.45) is 5.10. The Labute approximate surface area is 175 Å². The summed E-state index contributed by atoms with van der Waals surface area (Å²) in [6, 6.07) is -0.308. The van der Waals surface area contributed by atoms with Crippen molar-refractivity contribution in [2.45, 2.75) is 31.5 Å². The summed E-state index contributed by atoms with van der Waals surface area (Å²) in [5.74, 6) is 0.126. The molecule has 3 atom stereocenters. The Morgan fingerprint density at radius 2 is 2.27 bits per heavy atom. The van der Waals surface area contributed by atoms with Crippen molar-refractivity contribution >= 4 is 28.8 Å². The van der Waals surface area contributed by atoms with Gasteiger partial charge in [0.15, 0.2) is 5.65 Å². The quantitative estimate of drug-likeness (QED) is 0.548. The lowest BCUT2D eigenvalue weighted by atomic mass is 10.0. The Bertz CT molecular complexity index is 914. The standard InChI is InChI=1S/C20H28N6O4/c1-5-17(27)26-7-6-15(30-4)14(10-26)24-16-9-22-19-18(25-16)13(8-21-19)20(28)23-12(2)11-29-3/h5,8-9,12,14-15H,1,6-7,10-11H2,2-4H3,(H,21,22)(H,23,28)(H,24,25)/t12-,14-,15+/m0/s1. The third-order valence-corrected chi connectivity index (χ3v) is 5.09. The number of methoxy groups -OCH3 is 2. The van der Waals surface area contributed by atoms with Crippen molar-refractivity contribution in [3.8, 4) is 0 Å². The van der Waals surface area contributed by atoms with Gasteiger partial charge in [-0.05, 0) is 19.4 Å². The molecule has 1 saturated heterocycles. The minimum Gasteiger partial charge on any atom is -0.383 e. The molecule has 3 heterocycles. The van der Waals surface area contributed by atoms with Crippen LogP contribution in [0.15, 0.2) is 25.0 Å². The largest absolute Gasteiger partial charge is 0.383 e. The Morgan fingerprint density at radius 1 is 1.47 bits per heavy atom. The van der Waals surface area contributed by atoms with E-state index >= 15 is 0 Å². The molecule has 1 fully saturated rings. The number of H-pyrrole nitrogens is 1. The molecule has 10 heteroatoms. The number of fused-ring (bicyclic) bond motifs is 1. The van der Waals surface area contributed by atoms with Gasteiger partial charge in [-0.25, -0.2) is 9.97 Å². The molecule has 2 aromatic rings. The van der Waals surface area contributed by atoms with Crippen LogP contribution >= 0.6 is 0 Å². The van der Waals surface area contributed by atoms with Crippen LogP contribution in [0.2, 0.25) is 0 Å². The smallest absolute Gasteiger partial charge is 0.255 e. The van der Waals surface area contributed by atoms with Crippen molar-refractivity contribution in [3.05, 3.63) is 30.6 Å². The van der Waals surface area contributed by atoms with Crippen LogP contribution in [0, 0.1) is 0 Å². The second-order valence-corrected chi connectivity index (χ2v) is 7.29. The minimum atomic E-state index is -0.257. The van der Waals surface area contributed by atoms with Crippen molar-refractivity contribution in [3.63, 3.8) is 0 Å². The first-order valence-electron chi connectivity index (χ1n) is 9.81. The molecule has 1 aliphatic heterocycles. The van der Waals surface area contributed by atoms with E-state index in [9.17, 15) is 9.59 Å². The molecule has 3 N–H and O–H groups in total. The lowest BCUT2D eigenvalue weighted by Crippen LogP contribution is -2.52. The second kappa shape index (κ2) is 9.68. The zero-order chi connectivity index (χ0) is 21.7. The highest BCUT2D eigenvalue weighted by Gasteiger charge is 2.31. The maximum Gasteiger partial charge on any atom is 0.255 e. The van der Waals surface area contributed by atoms with E-state index in [0.29, 0.717) is 48.7 Å². The summed E-state index contributed by atoms with van der Waals surface area (Å²) >= 11 is 0. The summed E-state index contributed by atoms with van der Waals surface area (Å²) < 4.78 is 10.6. The van der Waals surface area contributed by atoms with E-state index in [-0.39, 0.29) is 30.0 Å². The topological polar surface area (TPSA) is 121 Å². The van der Waals surface area contributed by atoms with Crippen molar-refractivity contribution in [2.24, 2.45) is 0 Å². The molecule has 2 amide bonds. The van der Waals surface area contributed by atoms with Crippen LogP contribution in [0.4, 0.5) is 5.82 Å². The molecule has 162 valence electrons. The van der Waals surface area contributed by atoms with Crippen LogP contribution < -0.4 is 10.6 Å². The first-order chi connectivity index (χ1) is 14.5. The zero-order valence-electron chi connectivity index (χ0n) is 17.5. The molecule has 0 unspecified atom stereocenters. The van der Waals surface area contributed by atoms with Crippen molar-refractivity contribution in [1.29, 1.82) is 0 Å².